The predicted molar refractivity (Wildman–Crippen MR) is 119 cm³/mol. The van der Waals surface area contributed by atoms with Crippen LogP contribution in [-0.2, 0) is 21.2 Å². The molecule has 2 N–H and O–H groups in total. The molecule has 162 valence electrons. The van der Waals surface area contributed by atoms with E-state index in [0.29, 0.717) is 11.4 Å². The number of benzene rings is 3. The van der Waals surface area contributed by atoms with Crippen LogP contribution in [0.15, 0.2) is 83.8 Å². The molecule has 0 spiro atoms. The van der Waals surface area contributed by atoms with Gasteiger partial charge in [0.05, 0.1) is 19.1 Å². The van der Waals surface area contributed by atoms with Gasteiger partial charge < -0.3 is 14.8 Å². The molecule has 0 aromatic heterocycles. The van der Waals surface area contributed by atoms with Crippen molar-refractivity contribution in [1.29, 1.82) is 0 Å². The number of sulfonamides is 1. The molecule has 8 heteroatoms. The number of para-hydroxylation sites is 1. The van der Waals surface area contributed by atoms with Crippen LogP contribution in [0, 0.1) is 0 Å². The molecular formula is C23H24N2O5S. The van der Waals surface area contributed by atoms with Crippen LogP contribution in [0.25, 0.3) is 0 Å². The minimum atomic E-state index is -4.02. The van der Waals surface area contributed by atoms with Gasteiger partial charge in [0.25, 0.3) is 0 Å². The normalized spacial score (nSPS) is 12.1. The third-order valence-corrected chi connectivity index (χ3v) is 6.07. The molecule has 0 fully saturated rings. The molecule has 3 aromatic carbocycles. The summed E-state index contributed by atoms with van der Waals surface area (Å²) in [6.45, 7) is 0. The van der Waals surface area contributed by atoms with Crippen LogP contribution in [0.3, 0.4) is 0 Å². The number of nitrogens with one attached hydrogen (secondary N) is 2. The van der Waals surface area contributed by atoms with Crippen molar-refractivity contribution < 1.29 is 22.7 Å². The molecule has 0 heterocycles. The van der Waals surface area contributed by atoms with Gasteiger partial charge in [-0.05, 0) is 36.2 Å². The minimum absolute atomic E-state index is 0.0317. The molecular weight excluding hydrogens is 416 g/mol. The van der Waals surface area contributed by atoms with Gasteiger partial charge in [-0.25, -0.2) is 8.42 Å². The molecule has 3 rings (SSSR count). The maximum Gasteiger partial charge on any atom is 0.242 e. The highest BCUT2D eigenvalue weighted by Gasteiger charge is 2.27. The third-order valence-electron chi connectivity index (χ3n) is 4.60. The molecule has 0 aliphatic carbocycles. The van der Waals surface area contributed by atoms with Gasteiger partial charge in [0.2, 0.25) is 15.9 Å². The summed E-state index contributed by atoms with van der Waals surface area (Å²) >= 11 is 0. The van der Waals surface area contributed by atoms with Crippen molar-refractivity contribution in [3.05, 3.63) is 84.4 Å². The van der Waals surface area contributed by atoms with E-state index in [-0.39, 0.29) is 17.1 Å². The fourth-order valence-electron chi connectivity index (χ4n) is 3.03. The van der Waals surface area contributed by atoms with E-state index < -0.39 is 22.0 Å². The predicted octanol–water partition coefficient (Wildman–Crippen LogP) is 3.23. The highest BCUT2D eigenvalue weighted by atomic mass is 32.2. The van der Waals surface area contributed by atoms with Crippen LogP contribution in [-0.4, -0.2) is 34.6 Å². The number of carbonyl (C=O) groups is 1. The van der Waals surface area contributed by atoms with Crippen molar-refractivity contribution in [3.8, 4) is 11.5 Å². The molecule has 7 nitrogen and oxygen atoms in total. The Hall–Kier alpha value is -3.36. The molecule has 0 radical (unpaired) electrons. The van der Waals surface area contributed by atoms with Crippen molar-refractivity contribution in [1.82, 2.24) is 4.72 Å². The van der Waals surface area contributed by atoms with E-state index in [2.05, 4.69) is 10.0 Å². The summed E-state index contributed by atoms with van der Waals surface area (Å²) in [4.78, 5) is 12.9. The summed E-state index contributed by atoms with van der Waals surface area (Å²) in [7, 11) is -1.13. The second kappa shape index (κ2) is 10.1. The Labute approximate surface area is 182 Å². The lowest BCUT2D eigenvalue weighted by atomic mass is 10.1. The van der Waals surface area contributed by atoms with E-state index >= 15 is 0 Å². The van der Waals surface area contributed by atoms with Crippen LogP contribution in [0.2, 0.25) is 0 Å². The summed E-state index contributed by atoms with van der Waals surface area (Å²) < 4.78 is 39.0. The largest absolute Gasteiger partial charge is 0.493 e. The summed E-state index contributed by atoms with van der Waals surface area (Å²) in [5.74, 6) is 0.224. The lowest BCUT2D eigenvalue weighted by Gasteiger charge is -2.19. The number of anilines is 1. The van der Waals surface area contributed by atoms with Gasteiger partial charge in [-0.3, -0.25) is 4.79 Å². The maximum absolute atomic E-state index is 13.1. The first kappa shape index (κ1) is 22.3. The Bertz CT molecular complexity index is 1120. The van der Waals surface area contributed by atoms with Crippen molar-refractivity contribution in [2.75, 3.05) is 19.5 Å². The molecule has 31 heavy (non-hydrogen) atoms. The standard InChI is InChI=1S/C23H24N2O5S/c1-29-21-14-13-19(16-22(21)30-2)31(27,28)25-20(15-17-9-5-3-6-10-17)23(26)24-18-11-7-4-8-12-18/h3-14,16,20,25H,15H2,1-2H3,(H,24,26). The zero-order valence-electron chi connectivity index (χ0n) is 17.2. The number of hydrogen-bond donors (Lipinski definition) is 2. The van der Waals surface area contributed by atoms with Gasteiger partial charge in [0, 0.05) is 11.8 Å². The van der Waals surface area contributed by atoms with Crippen molar-refractivity contribution >= 4 is 21.6 Å². The molecule has 1 atom stereocenters. The third kappa shape index (κ3) is 5.84. The Morgan fingerprint density at radius 3 is 2.10 bits per heavy atom. The zero-order valence-corrected chi connectivity index (χ0v) is 18.1. The van der Waals surface area contributed by atoms with E-state index in [1.165, 1.54) is 32.4 Å². The Morgan fingerprint density at radius 2 is 1.48 bits per heavy atom. The van der Waals surface area contributed by atoms with Crippen molar-refractivity contribution in [2.45, 2.75) is 17.4 Å². The highest BCUT2D eigenvalue weighted by molar-refractivity contribution is 7.89. The fourth-order valence-corrected chi connectivity index (χ4v) is 4.24. The number of carbonyl (C=O) groups excluding carboxylic acids is 1. The zero-order chi connectivity index (χ0) is 22.3. The van der Waals surface area contributed by atoms with Crippen LogP contribution >= 0.6 is 0 Å². The molecule has 0 saturated carbocycles. The van der Waals surface area contributed by atoms with Crippen molar-refractivity contribution in [2.24, 2.45) is 0 Å². The van der Waals surface area contributed by atoms with Crippen molar-refractivity contribution in [3.63, 3.8) is 0 Å². The number of rotatable bonds is 9. The monoisotopic (exact) mass is 440 g/mol. The number of amides is 1. The van der Waals surface area contributed by atoms with Crippen LogP contribution in [0.4, 0.5) is 5.69 Å². The van der Waals surface area contributed by atoms with E-state index in [4.69, 9.17) is 9.47 Å². The second-order valence-corrected chi connectivity index (χ2v) is 8.45. The highest BCUT2D eigenvalue weighted by Crippen LogP contribution is 2.29. The van der Waals surface area contributed by atoms with Crippen LogP contribution < -0.4 is 19.5 Å². The number of methoxy groups -OCH3 is 2. The first-order chi connectivity index (χ1) is 14.9. The first-order valence-corrected chi connectivity index (χ1v) is 11.1. The van der Waals surface area contributed by atoms with Gasteiger partial charge in [-0.1, -0.05) is 48.5 Å². The fraction of sp³-hybridized carbons (Fsp3) is 0.174. The molecule has 3 aromatic rings. The molecule has 1 unspecified atom stereocenters. The first-order valence-electron chi connectivity index (χ1n) is 9.57. The van der Waals surface area contributed by atoms with Crippen LogP contribution in [0.5, 0.6) is 11.5 Å². The lowest BCUT2D eigenvalue weighted by molar-refractivity contribution is -0.117. The average Bonchev–Trinajstić information content (AvgIpc) is 2.79. The smallest absolute Gasteiger partial charge is 0.242 e. The van der Waals surface area contributed by atoms with Gasteiger partial charge in [-0.2, -0.15) is 4.72 Å². The van der Waals surface area contributed by atoms with Gasteiger partial charge >= 0.3 is 0 Å². The molecule has 0 saturated heterocycles. The minimum Gasteiger partial charge on any atom is -0.493 e. The van der Waals surface area contributed by atoms with Gasteiger partial charge in [0.15, 0.2) is 11.5 Å². The number of ether oxygens (including phenoxy) is 2. The Morgan fingerprint density at radius 1 is 0.871 bits per heavy atom. The topological polar surface area (TPSA) is 93.7 Å². The maximum atomic E-state index is 13.1. The summed E-state index contributed by atoms with van der Waals surface area (Å²) in [6, 6.07) is 21.3. The molecule has 0 aliphatic rings. The quantitative estimate of drug-likeness (QED) is 0.533. The molecule has 0 aliphatic heterocycles. The summed E-state index contributed by atoms with van der Waals surface area (Å²) in [5.41, 5.74) is 1.40. The van der Waals surface area contributed by atoms with Gasteiger partial charge in [0.1, 0.15) is 6.04 Å². The van der Waals surface area contributed by atoms with E-state index in [9.17, 15) is 13.2 Å². The van der Waals surface area contributed by atoms with Gasteiger partial charge in [-0.15, -0.1) is 0 Å². The summed E-state index contributed by atoms with van der Waals surface area (Å²) in [6.07, 6.45) is 0.187. The van der Waals surface area contributed by atoms with E-state index in [1.807, 2.05) is 36.4 Å². The lowest BCUT2D eigenvalue weighted by Crippen LogP contribution is -2.45. The van der Waals surface area contributed by atoms with E-state index in [1.54, 1.807) is 24.3 Å². The Balaban J connectivity index is 1.88. The average molecular weight is 441 g/mol. The Kier molecular flexibility index (Phi) is 7.28. The van der Waals surface area contributed by atoms with Crippen LogP contribution in [0.1, 0.15) is 5.56 Å². The SMILES string of the molecule is COc1ccc(S(=O)(=O)NC(Cc2ccccc2)C(=O)Nc2ccccc2)cc1OC. The van der Waals surface area contributed by atoms with E-state index in [0.717, 1.165) is 5.56 Å². The molecule has 0 bridgehead atoms. The molecule has 1 amide bonds. The number of hydrogen-bond acceptors (Lipinski definition) is 5. The summed E-state index contributed by atoms with van der Waals surface area (Å²) in [5, 5.41) is 2.77. The second-order valence-electron chi connectivity index (χ2n) is 6.74.